The van der Waals surface area contributed by atoms with Crippen LogP contribution in [0.25, 0.3) is 0 Å². The van der Waals surface area contributed by atoms with Crippen LogP contribution in [0.1, 0.15) is 21.9 Å². The van der Waals surface area contributed by atoms with Crippen molar-refractivity contribution in [2.24, 2.45) is 0 Å². The summed E-state index contributed by atoms with van der Waals surface area (Å²) in [5.74, 6) is 1.24. The fourth-order valence-electron chi connectivity index (χ4n) is 1.76. The first-order chi connectivity index (χ1) is 10.1. The van der Waals surface area contributed by atoms with Crippen LogP contribution in [0.4, 0.5) is 5.95 Å². The number of furan rings is 1. The first-order valence-corrected chi connectivity index (χ1v) is 7.15. The molecular weight excluding hydrogens is 292 g/mol. The molecule has 21 heavy (non-hydrogen) atoms. The lowest BCUT2D eigenvalue weighted by atomic mass is 10.3. The zero-order valence-electron chi connectivity index (χ0n) is 11.8. The minimum absolute atomic E-state index is 0.222. The summed E-state index contributed by atoms with van der Waals surface area (Å²) in [7, 11) is 1.32. The van der Waals surface area contributed by atoms with Crippen molar-refractivity contribution in [1.82, 2.24) is 14.8 Å². The third kappa shape index (κ3) is 3.27. The van der Waals surface area contributed by atoms with Crippen molar-refractivity contribution in [3.05, 3.63) is 35.8 Å². The Morgan fingerprint density at radius 2 is 2.38 bits per heavy atom. The first kappa shape index (κ1) is 15.2. The first-order valence-electron chi connectivity index (χ1n) is 6.16. The van der Waals surface area contributed by atoms with E-state index in [0.29, 0.717) is 29.2 Å². The van der Waals surface area contributed by atoms with Crippen molar-refractivity contribution in [2.75, 3.05) is 12.8 Å². The van der Waals surface area contributed by atoms with Crippen LogP contribution < -0.4 is 5.73 Å². The molecule has 112 valence electrons. The van der Waals surface area contributed by atoms with Crippen LogP contribution in [0, 0.1) is 6.92 Å². The van der Waals surface area contributed by atoms with E-state index in [9.17, 15) is 4.79 Å². The molecule has 0 unspecified atom stereocenters. The molecule has 0 saturated heterocycles. The number of aryl methyl sites for hydroxylation is 1. The number of aromatic nitrogens is 3. The maximum atomic E-state index is 11.5. The van der Waals surface area contributed by atoms with E-state index in [-0.39, 0.29) is 5.76 Å². The summed E-state index contributed by atoms with van der Waals surface area (Å²) < 4.78 is 11.9. The zero-order valence-corrected chi connectivity index (χ0v) is 12.6. The minimum atomic E-state index is -0.484. The topological polar surface area (TPSA) is 96.2 Å². The Balaban J connectivity index is 2.10. The van der Waals surface area contributed by atoms with Gasteiger partial charge in [-0.15, -0.1) is 16.8 Å². The van der Waals surface area contributed by atoms with Crippen LogP contribution in [0.15, 0.2) is 28.3 Å². The van der Waals surface area contributed by atoms with Gasteiger partial charge >= 0.3 is 5.97 Å². The Bertz CT molecular complexity index is 662. The molecule has 0 amide bonds. The average molecular weight is 308 g/mol. The Hall–Kier alpha value is -2.22. The number of hydrogen-bond acceptors (Lipinski definition) is 7. The van der Waals surface area contributed by atoms with Gasteiger partial charge in [0.25, 0.3) is 0 Å². The van der Waals surface area contributed by atoms with E-state index in [1.165, 1.54) is 18.9 Å². The fourth-order valence-corrected chi connectivity index (χ4v) is 2.59. The van der Waals surface area contributed by atoms with Crippen LogP contribution in [0.2, 0.25) is 0 Å². The quantitative estimate of drug-likeness (QED) is 0.495. The molecule has 2 N–H and O–H groups in total. The number of allylic oxidation sites excluding steroid dienone is 1. The smallest absolute Gasteiger partial charge is 0.374 e. The number of anilines is 1. The summed E-state index contributed by atoms with van der Waals surface area (Å²) in [6.07, 6.45) is 1.72. The summed E-state index contributed by atoms with van der Waals surface area (Å²) in [6.45, 7) is 6.00. The molecule has 8 heteroatoms. The number of nitrogen functional groups attached to an aromatic ring is 1. The zero-order chi connectivity index (χ0) is 15.4. The number of carbonyl (C=O) groups excluding carboxylic acids is 1. The molecule has 0 aliphatic rings. The van der Waals surface area contributed by atoms with Gasteiger partial charge in [-0.1, -0.05) is 17.8 Å². The molecule has 0 spiro atoms. The van der Waals surface area contributed by atoms with Gasteiger partial charge in [0.1, 0.15) is 5.76 Å². The number of hydrogen-bond donors (Lipinski definition) is 1. The van der Waals surface area contributed by atoms with Gasteiger partial charge in [-0.3, -0.25) is 4.57 Å². The van der Waals surface area contributed by atoms with E-state index in [1.54, 1.807) is 23.6 Å². The highest BCUT2D eigenvalue weighted by Crippen LogP contribution is 2.25. The molecule has 0 atom stereocenters. The largest absolute Gasteiger partial charge is 0.463 e. The molecule has 0 radical (unpaired) electrons. The fraction of sp³-hybridized carbons (Fsp3) is 0.308. The lowest BCUT2D eigenvalue weighted by Crippen LogP contribution is -2.03. The second-order valence-electron chi connectivity index (χ2n) is 4.25. The van der Waals surface area contributed by atoms with E-state index < -0.39 is 5.97 Å². The number of rotatable bonds is 6. The van der Waals surface area contributed by atoms with Crippen molar-refractivity contribution < 1.29 is 13.9 Å². The second-order valence-corrected chi connectivity index (χ2v) is 5.19. The SMILES string of the molecule is C=CCn1c(N)nnc1SCc1cc(C)c(C(=O)OC)o1. The molecule has 0 bridgehead atoms. The van der Waals surface area contributed by atoms with Gasteiger partial charge < -0.3 is 14.9 Å². The van der Waals surface area contributed by atoms with Crippen LogP contribution in [-0.2, 0) is 17.0 Å². The highest BCUT2D eigenvalue weighted by atomic mass is 32.2. The standard InChI is InChI=1S/C13H16N4O3S/c1-4-5-17-12(14)15-16-13(17)21-7-9-6-8(2)10(20-9)11(18)19-3/h4,6H,1,5,7H2,2-3H3,(H2,14,15). The molecule has 0 aromatic carbocycles. The van der Waals surface area contributed by atoms with Crippen LogP contribution in [0.3, 0.4) is 0 Å². The molecule has 2 aromatic heterocycles. The number of nitrogens with two attached hydrogens (primary N) is 1. The molecule has 0 aliphatic heterocycles. The molecule has 0 aliphatic carbocycles. The maximum absolute atomic E-state index is 11.5. The van der Waals surface area contributed by atoms with E-state index in [0.717, 1.165) is 5.56 Å². The number of nitrogens with zero attached hydrogens (tertiary/aromatic N) is 3. The van der Waals surface area contributed by atoms with E-state index in [4.69, 9.17) is 10.2 Å². The Morgan fingerprint density at radius 1 is 1.62 bits per heavy atom. The van der Waals surface area contributed by atoms with Gasteiger partial charge in [-0.25, -0.2) is 4.79 Å². The maximum Gasteiger partial charge on any atom is 0.374 e. The molecule has 2 aromatic rings. The molecule has 2 rings (SSSR count). The molecule has 7 nitrogen and oxygen atoms in total. The number of carbonyl (C=O) groups is 1. The normalized spacial score (nSPS) is 10.6. The van der Waals surface area contributed by atoms with E-state index >= 15 is 0 Å². The minimum Gasteiger partial charge on any atom is -0.463 e. The Labute approximate surface area is 126 Å². The van der Waals surface area contributed by atoms with Gasteiger partial charge in [0.2, 0.25) is 11.7 Å². The van der Waals surface area contributed by atoms with Crippen molar-refractivity contribution in [2.45, 2.75) is 24.4 Å². The number of methoxy groups -OCH3 is 1. The summed E-state index contributed by atoms with van der Waals surface area (Å²) in [4.78, 5) is 11.5. The highest BCUT2D eigenvalue weighted by molar-refractivity contribution is 7.98. The van der Waals surface area contributed by atoms with Crippen LogP contribution in [-0.4, -0.2) is 27.8 Å². The van der Waals surface area contributed by atoms with Gasteiger partial charge in [0.15, 0.2) is 5.16 Å². The summed E-state index contributed by atoms with van der Waals surface area (Å²) in [5.41, 5.74) is 6.47. The highest BCUT2D eigenvalue weighted by Gasteiger charge is 2.17. The molecule has 0 saturated carbocycles. The summed E-state index contributed by atoms with van der Waals surface area (Å²) in [6, 6.07) is 1.80. The monoisotopic (exact) mass is 308 g/mol. The van der Waals surface area contributed by atoms with Crippen molar-refractivity contribution in [3.8, 4) is 0 Å². The third-order valence-corrected chi connectivity index (χ3v) is 3.73. The van der Waals surface area contributed by atoms with Crippen LogP contribution >= 0.6 is 11.8 Å². The summed E-state index contributed by atoms with van der Waals surface area (Å²) in [5, 5.41) is 8.50. The number of thioether (sulfide) groups is 1. The summed E-state index contributed by atoms with van der Waals surface area (Å²) >= 11 is 1.42. The van der Waals surface area contributed by atoms with Crippen molar-refractivity contribution >= 4 is 23.7 Å². The molecular formula is C13H16N4O3S. The second kappa shape index (κ2) is 6.49. The van der Waals surface area contributed by atoms with Crippen molar-refractivity contribution in [3.63, 3.8) is 0 Å². The van der Waals surface area contributed by atoms with Gasteiger partial charge in [0, 0.05) is 12.1 Å². The third-order valence-electron chi connectivity index (χ3n) is 2.74. The molecule has 0 fully saturated rings. The van der Waals surface area contributed by atoms with Gasteiger partial charge in [-0.05, 0) is 13.0 Å². The van der Waals surface area contributed by atoms with E-state index in [1.807, 2.05) is 0 Å². The van der Waals surface area contributed by atoms with E-state index in [2.05, 4.69) is 21.5 Å². The molecule has 2 heterocycles. The Kier molecular flexibility index (Phi) is 4.69. The average Bonchev–Trinajstić information content (AvgIpc) is 3.01. The Morgan fingerprint density at radius 3 is 3.05 bits per heavy atom. The van der Waals surface area contributed by atoms with Gasteiger partial charge in [-0.2, -0.15) is 0 Å². The lowest BCUT2D eigenvalue weighted by molar-refractivity contribution is 0.0562. The predicted molar refractivity (Wildman–Crippen MR) is 79.0 cm³/mol. The number of esters is 1. The lowest BCUT2D eigenvalue weighted by Gasteiger charge is -2.03. The predicted octanol–water partition coefficient (Wildman–Crippen LogP) is 2.03. The number of ether oxygens (including phenoxy) is 1. The van der Waals surface area contributed by atoms with Crippen LogP contribution in [0.5, 0.6) is 0 Å². The van der Waals surface area contributed by atoms with Crippen molar-refractivity contribution in [1.29, 1.82) is 0 Å². The van der Waals surface area contributed by atoms with Gasteiger partial charge in [0.05, 0.1) is 12.9 Å².